The van der Waals surface area contributed by atoms with Crippen molar-refractivity contribution in [2.75, 3.05) is 14.2 Å². The lowest BCUT2D eigenvalue weighted by molar-refractivity contribution is 0.111. The zero-order valence-electron chi connectivity index (χ0n) is 12.1. The van der Waals surface area contributed by atoms with Gasteiger partial charge in [-0.2, -0.15) is 0 Å². The number of ether oxygens (including phenoxy) is 2. The van der Waals surface area contributed by atoms with Crippen molar-refractivity contribution in [3.63, 3.8) is 0 Å². The predicted octanol–water partition coefficient (Wildman–Crippen LogP) is 2.43. The van der Waals surface area contributed by atoms with Crippen LogP contribution in [-0.4, -0.2) is 37.0 Å². The Morgan fingerprint density at radius 2 is 1.14 bits per heavy atom. The van der Waals surface area contributed by atoms with Crippen molar-refractivity contribution in [3.05, 3.63) is 47.5 Å². The molecule has 0 radical (unpaired) electrons. The molecule has 0 spiro atoms. The Bertz CT molecular complexity index is 594. The van der Waals surface area contributed by atoms with Crippen LogP contribution in [0.15, 0.2) is 36.4 Å². The van der Waals surface area contributed by atoms with Crippen LogP contribution in [0.4, 0.5) is 0 Å². The normalized spacial score (nSPS) is 9.18. The molecule has 22 heavy (non-hydrogen) atoms. The Hall–Kier alpha value is -3.02. The Kier molecular flexibility index (Phi) is 6.43. The summed E-state index contributed by atoms with van der Waals surface area (Å²) in [5, 5.41) is 18.3. The van der Waals surface area contributed by atoms with E-state index in [1.165, 1.54) is 26.4 Å². The molecule has 0 unspecified atom stereocenters. The summed E-state index contributed by atoms with van der Waals surface area (Å²) in [7, 11) is 2.91. The summed E-state index contributed by atoms with van der Waals surface area (Å²) in [5.74, 6) is 0.709. The highest BCUT2D eigenvalue weighted by molar-refractivity contribution is 5.76. The summed E-state index contributed by atoms with van der Waals surface area (Å²) in [6.45, 7) is 0. The van der Waals surface area contributed by atoms with E-state index in [1.807, 2.05) is 0 Å². The van der Waals surface area contributed by atoms with Gasteiger partial charge in [0.1, 0.15) is 12.6 Å². The van der Waals surface area contributed by atoms with Crippen molar-refractivity contribution >= 4 is 12.6 Å². The van der Waals surface area contributed by atoms with Gasteiger partial charge in [0, 0.05) is 11.1 Å². The Morgan fingerprint density at radius 3 is 1.36 bits per heavy atom. The van der Waals surface area contributed by atoms with Gasteiger partial charge in [-0.25, -0.2) is 0 Å². The third kappa shape index (κ3) is 4.52. The number of aldehydes is 2. The highest BCUT2D eigenvalue weighted by Crippen LogP contribution is 2.25. The number of methoxy groups -OCH3 is 2. The second-order valence-electron chi connectivity index (χ2n) is 4.10. The minimum atomic E-state index is -0.0166. The number of carbonyl (C=O) groups is 2. The lowest BCUT2D eigenvalue weighted by Crippen LogP contribution is -1.85. The van der Waals surface area contributed by atoms with Gasteiger partial charge in [0.2, 0.25) is 0 Å². The molecule has 0 aliphatic rings. The predicted molar refractivity (Wildman–Crippen MR) is 80.1 cm³/mol. The van der Waals surface area contributed by atoms with E-state index >= 15 is 0 Å². The Morgan fingerprint density at radius 1 is 0.773 bits per heavy atom. The first-order valence-electron chi connectivity index (χ1n) is 6.20. The van der Waals surface area contributed by atoms with Crippen LogP contribution in [0.25, 0.3) is 0 Å². The summed E-state index contributed by atoms with van der Waals surface area (Å²) in [6.07, 6.45) is 1.33. The van der Waals surface area contributed by atoms with E-state index in [2.05, 4.69) is 0 Å². The maximum absolute atomic E-state index is 10.2. The number of phenols is 2. The third-order valence-corrected chi connectivity index (χ3v) is 2.68. The smallest absolute Gasteiger partial charge is 0.160 e. The fourth-order valence-corrected chi connectivity index (χ4v) is 1.56. The summed E-state index contributed by atoms with van der Waals surface area (Å²) >= 11 is 0. The fourth-order valence-electron chi connectivity index (χ4n) is 1.56. The van der Waals surface area contributed by atoms with Gasteiger partial charge < -0.3 is 19.7 Å². The molecule has 0 atom stereocenters. The largest absolute Gasteiger partial charge is 0.504 e. The molecule has 0 amide bonds. The number of carbonyl (C=O) groups excluding carboxylic acids is 2. The van der Waals surface area contributed by atoms with E-state index < -0.39 is 0 Å². The summed E-state index contributed by atoms with van der Waals surface area (Å²) in [4.78, 5) is 20.4. The molecule has 2 rings (SSSR count). The third-order valence-electron chi connectivity index (χ3n) is 2.68. The molecule has 0 fully saturated rings. The summed E-state index contributed by atoms with van der Waals surface area (Å²) in [6, 6.07) is 8.94. The number of hydrogen-bond donors (Lipinski definition) is 2. The van der Waals surface area contributed by atoms with Crippen molar-refractivity contribution in [2.45, 2.75) is 0 Å². The lowest BCUT2D eigenvalue weighted by atomic mass is 10.2. The first-order chi connectivity index (χ1) is 10.5. The number of benzene rings is 2. The van der Waals surface area contributed by atoms with Crippen molar-refractivity contribution in [2.24, 2.45) is 0 Å². The molecular weight excluding hydrogens is 288 g/mol. The van der Waals surface area contributed by atoms with Crippen molar-refractivity contribution < 1.29 is 29.3 Å². The van der Waals surface area contributed by atoms with Gasteiger partial charge in [0.05, 0.1) is 14.2 Å². The molecule has 2 N–H and O–H groups in total. The zero-order chi connectivity index (χ0) is 16.5. The van der Waals surface area contributed by atoms with Crippen LogP contribution < -0.4 is 9.47 Å². The topological polar surface area (TPSA) is 93.1 Å². The second kappa shape index (κ2) is 8.31. The second-order valence-corrected chi connectivity index (χ2v) is 4.10. The molecule has 0 saturated carbocycles. The first-order valence-corrected chi connectivity index (χ1v) is 6.20. The van der Waals surface area contributed by atoms with E-state index in [4.69, 9.17) is 19.7 Å². The maximum atomic E-state index is 10.2. The maximum Gasteiger partial charge on any atom is 0.160 e. The van der Waals surface area contributed by atoms with Crippen LogP contribution in [0.2, 0.25) is 0 Å². The van der Waals surface area contributed by atoms with Crippen molar-refractivity contribution in [3.8, 4) is 23.0 Å². The first kappa shape index (κ1) is 17.0. The molecule has 6 nitrogen and oxygen atoms in total. The van der Waals surface area contributed by atoms with Crippen molar-refractivity contribution in [1.82, 2.24) is 0 Å². The van der Waals surface area contributed by atoms with Gasteiger partial charge in [0.25, 0.3) is 0 Å². The number of aromatic hydroxyl groups is 2. The Labute approximate surface area is 127 Å². The molecule has 0 saturated heterocycles. The monoisotopic (exact) mass is 304 g/mol. The molecule has 2 aromatic carbocycles. The van der Waals surface area contributed by atoms with E-state index in [0.29, 0.717) is 35.2 Å². The van der Waals surface area contributed by atoms with Crippen LogP contribution in [0.5, 0.6) is 23.0 Å². The van der Waals surface area contributed by atoms with Crippen LogP contribution >= 0.6 is 0 Å². The van der Waals surface area contributed by atoms with E-state index in [-0.39, 0.29) is 11.5 Å². The minimum Gasteiger partial charge on any atom is -0.504 e. The number of rotatable bonds is 4. The quantitative estimate of drug-likeness (QED) is 0.843. The molecule has 0 aliphatic heterocycles. The SMILES string of the molecule is COc1ccc(C=O)cc1O.COc1ccc(C=O)cc1O. The number of phenolic OH excluding ortho intramolecular Hbond substituents is 2. The van der Waals surface area contributed by atoms with Crippen LogP contribution in [0, 0.1) is 0 Å². The van der Waals surface area contributed by atoms with E-state index in [1.54, 1.807) is 24.3 Å². The molecular formula is C16H16O6. The minimum absolute atomic E-state index is 0.0166. The van der Waals surface area contributed by atoms with Gasteiger partial charge in [0.15, 0.2) is 23.0 Å². The summed E-state index contributed by atoms with van der Waals surface area (Å²) < 4.78 is 9.56. The lowest BCUT2D eigenvalue weighted by Gasteiger charge is -2.01. The van der Waals surface area contributed by atoms with Gasteiger partial charge in [-0.3, -0.25) is 9.59 Å². The molecule has 0 heterocycles. The molecule has 0 aromatic heterocycles. The van der Waals surface area contributed by atoms with E-state index in [9.17, 15) is 9.59 Å². The standard InChI is InChI=1S/2C8H8O3/c2*1-11-8-3-2-6(5-9)4-7(8)10/h2*2-5,10H,1H3. The molecule has 0 aliphatic carbocycles. The van der Waals surface area contributed by atoms with Gasteiger partial charge in [-0.15, -0.1) is 0 Å². The summed E-state index contributed by atoms with van der Waals surface area (Å²) in [5.41, 5.74) is 0.867. The average molecular weight is 304 g/mol. The van der Waals surface area contributed by atoms with Crippen LogP contribution in [0.3, 0.4) is 0 Å². The zero-order valence-corrected chi connectivity index (χ0v) is 12.1. The Balaban J connectivity index is 0.000000220. The average Bonchev–Trinajstić information content (AvgIpc) is 2.55. The van der Waals surface area contributed by atoms with Gasteiger partial charge in [-0.1, -0.05) is 0 Å². The van der Waals surface area contributed by atoms with Gasteiger partial charge in [-0.05, 0) is 36.4 Å². The molecule has 0 bridgehead atoms. The molecule has 116 valence electrons. The van der Waals surface area contributed by atoms with Crippen LogP contribution in [0.1, 0.15) is 20.7 Å². The molecule has 6 heteroatoms. The van der Waals surface area contributed by atoms with E-state index in [0.717, 1.165) is 0 Å². The number of hydrogen-bond acceptors (Lipinski definition) is 6. The fraction of sp³-hybridized carbons (Fsp3) is 0.125. The van der Waals surface area contributed by atoms with Crippen LogP contribution in [-0.2, 0) is 0 Å². The molecule has 2 aromatic rings. The van der Waals surface area contributed by atoms with Gasteiger partial charge >= 0.3 is 0 Å². The highest BCUT2D eigenvalue weighted by Gasteiger charge is 2.01. The highest BCUT2D eigenvalue weighted by atomic mass is 16.5. The van der Waals surface area contributed by atoms with Crippen molar-refractivity contribution in [1.29, 1.82) is 0 Å².